The van der Waals surface area contributed by atoms with Crippen molar-refractivity contribution in [1.29, 1.82) is 0 Å². The predicted molar refractivity (Wildman–Crippen MR) is 150 cm³/mol. The van der Waals surface area contributed by atoms with Crippen LogP contribution in [0.5, 0.6) is 5.75 Å². The van der Waals surface area contributed by atoms with Gasteiger partial charge in [-0.25, -0.2) is 8.78 Å². The van der Waals surface area contributed by atoms with E-state index in [4.69, 9.17) is 16.3 Å². The number of aromatic nitrogens is 3. The number of alkyl halides is 2. The lowest BCUT2D eigenvalue weighted by Crippen LogP contribution is -2.64. The van der Waals surface area contributed by atoms with Gasteiger partial charge >= 0.3 is 0 Å². The van der Waals surface area contributed by atoms with Gasteiger partial charge in [-0.3, -0.25) is 19.3 Å². The minimum atomic E-state index is -2.88. The molecule has 41 heavy (non-hydrogen) atoms. The summed E-state index contributed by atoms with van der Waals surface area (Å²) in [6, 6.07) is 8.88. The fourth-order valence-electron chi connectivity index (χ4n) is 6.39. The summed E-state index contributed by atoms with van der Waals surface area (Å²) in [4.78, 5) is 34.5. The molecule has 216 valence electrons. The first kappa shape index (κ1) is 27.4. The molecule has 0 unspecified atom stereocenters. The summed E-state index contributed by atoms with van der Waals surface area (Å²) < 4.78 is 34.0. The highest BCUT2D eigenvalue weighted by Gasteiger charge is 2.58. The number of fused-ring (bicyclic) bond motifs is 2. The van der Waals surface area contributed by atoms with E-state index in [1.165, 1.54) is 6.07 Å². The molecule has 2 aromatic heterocycles. The Morgan fingerprint density at radius 1 is 1.20 bits per heavy atom. The van der Waals surface area contributed by atoms with Crippen molar-refractivity contribution in [3.63, 3.8) is 0 Å². The zero-order chi connectivity index (χ0) is 28.9. The molecule has 3 aliphatic rings. The normalized spacial score (nSPS) is 21.3. The van der Waals surface area contributed by atoms with Crippen LogP contribution in [0.4, 0.5) is 20.3 Å². The Morgan fingerprint density at radius 3 is 2.61 bits per heavy atom. The monoisotopic (exact) mass is 584 g/mol. The van der Waals surface area contributed by atoms with Crippen LogP contribution in [0.1, 0.15) is 53.7 Å². The summed E-state index contributed by atoms with van der Waals surface area (Å²) in [5.74, 6) is 1.28. The number of pyridine rings is 1. The van der Waals surface area contributed by atoms with E-state index < -0.39 is 23.4 Å². The molecular formula is C29H31ClF2N6O3. The van der Waals surface area contributed by atoms with Gasteiger partial charge in [-0.05, 0) is 49.3 Å². The Labute approximate surface area is 241 Å². The third kappa shape index (κ3) is 4.90. The summed E-state index contributed by atoms with van der Waals surface area (Å²) in [6.07, 6.45) is 3.07. The summed E-state index contributed by atoms with van der Waals surface area (Å²) in [6.45, 7) is 1.70. The second kappa shape index (κ2) is 10.6. The molecule has 6 rings (SSSR count). The Bertz CT molecular complexity index is 1480. The quantitative estimate of drug-likeness (QED) is 0.439. The second-order valence-corrected chi connectivity index (χ2v) is 11.6. The van der Waals surface area contributed by atoms with E-state index in [0.29, 0.717) is 38.2 Å². The van der Waals surface area contributed by atoms with Gasteiger partial charge in [0.2, 0.25) is 5.91 Å². The molecule has 2 fully saturated rings. The average molecular weight is 585 g/mol. The summed E-state index contributed by atoms with van der Waals surface area (Å²) in [5.41, 5.74) is 0.513. The van der Waals surface area contributed by atoms with E-state index in [2.05, 4.69) is 20.3 Å². The molecule has 1 aliphatic carbocycles. The van der Waals surface area contributed by atoms with Gasteiger partial charge in [-0.1, -0.05) is 17.7 Å². The zero-order valence-corrected chi connectivity index (χ0v) is 23.6. The molecule has 1 N–H and O–H groups in total. The molecule has 3 aromatic rings. The minimum Gasteiger partial charge on any atom is -0.497 e. The Hall–Kier alpha value is -3.73. The molecule has 1 saturated heterocycles. The zero-order valence-electron chi connectivity index (χ0n) is 22.8. The third-order valence-electron chi connectivity index (χ3n) is 8.57. The molecule has 2 aliphatic heterocycles. The van der Waals surface area contributed by atoms with Gasteiger partial charge in [0.1, 0.15) is 16.9 Å². The standard InChI is InChI=1S/C29H31ClF2N6O3/c1-36-10-9-24(35-36)37-15-29(16-37)22-8-7-20(41-2)12-23(22)38(28(29)40)14-17-3-5-19(6-4-17)34-27(39)21-11-18(30)13-33-25(21)26(31)32/h7-13,17,19,26H,3-6,14-16H2,1-2H3,(H,34,39). The lowest BCUT2D eigenvalue weighted by Gasteiger charge is -2.47. The Kier molecular flexibility index (Phi) is 7.09. The maximum Gasteiger partial charge on any atom is 0.281 e. The van der Waals surface area contributed by atoms with Crippen LogP contribution in [-0.2, 0) is 17.3 Å². The van der Waals surface area contributed by atoms with Gasteiger partial charge in [0.05, 0.1) is 23.4 Å². The number of benzene rings is 1. The highest BCUT2D eigenvalue weighted by Crippen LogP contribution is 2.50. The van der Waals surface area contributed by atoms with Crippen molar-refractivity contribution in [2.75, 3.05) is 36.5 Å². The van der Waals surface area contributed by atoms with Crippen molar-refractivity contribution in [3.05, 3.63) is 64.6 Å². The molecule has 4 heterocycles. The molecular weight excluding hydrogens is 554 g/mol. The van der Waals surface area contributed by atoms with Gasteiger partial charge in [-0.15, -0.1) is 0 Å². The number of halogens is 3. The van der Waals surface area contributed by atoms with Crippen LogP contribution >= 0.6 is 11.6 Å². The number of nitrogens with zero attached hydrogens (tertiary/aromatic N) is 5. The fourth-order valence-corrected chi connectivity index (χ4v) is 6.55. The number of methoxy groups -OCH3 is 1. The van der Waals surface area contributed by atoms with Crippen LogP contribution in [0.2, 0.25) is 5.02 Å². The molecule has 12 heteroatoms. The van der Waals surface area contributed by atoms with E-state index in [0.717, 1.165) is 36.1 Å². The van der Waals surface area contributed by atoms with E-state index in [-0.39, 0.29) is 28.5 Å². The number of hydrogen-bond acceptors (Lipinski definition) is 6. The van der Waals surface area contributed by atoms with E-state index in [9.17, 15) is 18.4 Å². The number of amides is 2. The molecule has 0 bridgehead atoms. The first-order valence-electron chi connectivity index (χ1n) is 13.7. The van der Waals surface area contributed by atoms with Gasteiger partial charge in [-0.2, -0.15) is 5.10 Å². The van der Waals surface area contributed by atoms with Gasteiger partial charge in [0.25, 0.3) is 12.3 Å². The SMILES string of the molecule is COc1ccc2c(c1)N(CC1CCC(NC(=O)c3cc(Cl)cnc3C(F)F)CC1)C(=O)C21CN(c2ccn(C)n2)C1. The van der Waals surface area contributed by atoms with Gasteiger partial charge < -0.3 is 19.9 Å². The van der Waals surface area contributed by atoms with E-state index >= 15 is 0 Å². The predicted octanol–water partition coefficient (Wildman–Crippen LogP) is 4.51. The number of ether oxygens (including phenoxy) is 1. The molecule has 9 nitrogen and oxygen atoms in total. The van der Waals surface area contributed by atoms with Crippen LogP contribution < -0.4 is 19.9 Å². The van der Waals surface area contributed by atoms with Crippen molar-refractivity contribution < 1.29 is 23.1 Å². The lowest BCUT2D eigenvalue weighted by molar-refractivity contribution is -0.124. The first-order valence-corrected chi connectivity index (χ1v) is 14.1. The highest BCUT2D eigenvalue weighted by atomic mass is 35.5. The van der Waals surface area contributed by atoms with E-state index in [1.54, 1.807) is 11.8 Å². The third-order valence-corrected chi connectivity index (χ3v) is 8.78. The number of carbonyl (C=O) groups is 2. The van der Waals surface area contributed by atoms with Crippen LogP contribution in [0.25, 0.3) is 0 Å². The van der Waals surface area contributed by atoms with Crippen molar-refractivity contribution in [2.45, 2.75) is 43.6 Å². The molecule has 2 amide bonds. The molecule has 0 atom stereocenters. The number of aryl methyl sites for hydroxylation is 1. The molecule has 1 aromatic carbocycles. The highest BCUT2D eigenvalue weighted by molar-refractivity contribution is 6.30. The lowest BCUT2D eigenvalue weighted by atomic mass is 9.74. The number of carbonyl (C=O) groups excluding carboxylic acids is 2. The molecule has 1 saturated carbocycles. The smallest absolute Gasteiger partial charge is 0.281 e. The average Bonchev–Trinajstić information content (AvgIpc) is 3.46. The van der Waals surface area contributed by atoms with Gasteiger partial charge in [0, 0.05) is 57.3 Å². The number of anilines is 2. The van der Waals surface area contributed by atoms with Crippen LogP contribution in [-0.4, -0.2) is 59.4 Å². The van der Waals surface area contributed by atoms with Crippen LogP contribution in [0, 0.1) is 5.92 Å². The Morgan fingerprint density at radius 2 is 1.95 bits per heavy atom. The largest absolute Gasteiger partial charge is 0.497 e. The maximum absolute atomic E-state index is 14.0. The topological polar surface area (TPSA) is 92.6 Å². The van der Waals surface area contributed by atoms with Crippen molar-refractivity contribution in [1.82, 2.24) is 20.1 Å². The first-order chi connectivity index (χ1) is 19.7. The van der Waals surface area contributed by atoms with Crippen LogP contribution in [0.15, 0.2) is 42.7 Å². The summed E-state index contributed by atoms with van der Waals surface area (Å²) in [5, 5.41) is 7.50. The number of rotatable bonds is 7. The second-order valence-electron chi connectivity index (χ2n) is 11.2. The fraction of sp³-hybridized carbons (Fsp3) is 0.448. The van der Waals surface area contributed by atoms with Crippen LogP contribution in [0.3, 0.4) is 0 Å². The number of nitrogens with one attached hydrogen (secondary N) is 1. The summed E-state index contributed by atoms with van der Waals surface area (Å²) >= 11 is 5.92. The minimum absolute atomic E-state index is 0.0938. The van der Waals surface area contributed by atoms with Crippen molar-refractivity contribution in [3.8, 4) is 5.75 Å². The summed E-state index contributed by atoms with van der Waals surface area (Å²) in [7, 11) is 3.49. The van der Waals surface area contributed by atoms with Crippen molar-refractivity contribution >= 4 is 34.9 Å². The number of hydrogen-bond donors (Lipinski definition) is 1. The van der Waals surface area contributed by atoms with E-state index in [1.807, 2.05) is 42.4 Å². The Balaban J connectivity index is 1.12. The molecule has 0 radical (unpaired) electrons. The van der Waals surface area contributed by atoms with Crippen molar-refractivity contribution in [2.24, 2.45) is 13.0 Å². The maximum atomic E-state index is 14.0. The van der Waals surface area contributed by atoms with Gasteiger partial charge in [0.15, 0.2) is 5.82 Å². The molecule has 1 spiro atoms.